The average molecular weight is 622 g/mol. The van der Waals surface area contributed by atoms with Crippen molar-refractivity contribution in [1.82, 2.24) is 0 Å². The molecule has 0 heterocycles. The van der Waals surface area contributed by atoms with Crippen molar-refractivity contribution in [2.45, 2.75) is 60.3 Å². The van der Waals surface area contributed by atoms with Crippen LogP contribution in [-0.2, 0) is 21.3 Å². The first-order valence-corrected chi connectivity index (χ1v) is 15.1. The Hall–Kier alpha value is -4.07. The molecule has 0 aromatic heterocycles. The SMILES string of the molecule is CC(=O)C(C)=Nc1ccc(C)c(C(c2ccc(C)cc2)c2ccc(C)cc2)c1C(c1ccc(C)cc1)c1ccc(C)cc1.[Ni]. The van der Waals surface area contributed by atoms with Gasteiger partial charge in [-0.1, -0.05) is 125 Å². The predicted octanol–water partition coefficient (Wildman–Crippen LogP) is 10.3. The standard InChI is InChI=1S/C41H41NO.Ni/c1-26-8-17-33(18-9-26)39(34-19-10-27(2)11-20-34)38-30(5)16-25-37(42-31(6)32(7)43)41(38)40(35-21-12-28(3)13-22-35)36-23-14-29(4)15-24-36;/h8-25,39-40H,1-7H3;. The summed E-state index contributed by atoms with van der Waals surface area (Å²) in [5, 5.41) is 0. The fraction of sp³-hybridized carbons (Fsp3) is 0.220. The number of ketones is 1. The molecule has 226 valence electrons. The van der Waals surface area contributed by atoms with Crippen LogP contribution in [0.2, 0.25) is 0 Å². The Morgan fingerprint density at radius 1 is 0.477 bits per heavy atom. The molecule has 0 aliphatic heterocycles. The molecule has 0 atom stereocenters. The van der Waals surface area contributed by atoms with Gasteiger partial charge in [-0.15, -0.1) is 0 Å². The minimum absolute atomic E-state index is 0. The van der Waals surface area contributed by atoms with Crippen molar-refractivity contribution in [2.75, 3.05) is 0 Å². The van der Waals surface area contributed by atoms with Crippen LogP contribution in [-0.4, -0.2) is 11.5 Å². The maximum Gasteiger partial charge on any atom is 0.173 e. The van der Waals surface area contributed by atoms with E-state index in [0.717, 1.165) is 11.3 Å². The zero-order valence-corrected chi connectivity index (χ0v) is 27.7. The van der Waals surface area contributed by atoms with Crippen LogP contribution in [0.1, 0.15) is 86.9 Å². The average Bonchev–Trinajstić information content (AvgIpc) is 2.99. The Kier molecular flexibility index (Phi) is 10.6. The summed E-state index contributed by atoms with van der Waals surface area (Å²) >= 11 is 0. The number of rotatable bonds is 8. The molecule has 0 N–H and O–H groups in total. The molecular weight excluding hydrogens is 581 g/mol. The molecule has 5 aromatic rings. The molecular formula is C41H41NNiO. The first kappa shape index (κ1) is 32.8. The van der Waals surface area contributed by atoms with Gasteiger partial charge in [0.1, 0.15) is 0 Å². The number of aryl methyl sites for hydroxylation is 5. The third-order valence-corrected chi connectivity index (χ3v) is 8.50. The third kappa shape index (κ3) is 7.17. The van der Waals surface area contributed by atoms with E-state index in [2.05, 4.69) is 144 Å². The Labute approximate surface area is 273 Å². The number of nitrogens with zero attached hydrogens (tertiary/aromatic N) is 1. The molecule has 5 aromatic carbocycles. The summed E-state index contributed by atoms with van der Waals surface area (Å²) in [6.07, 6.45) is 0. The molecule has 2 nitrogen and oxygen atoms in total. The number of aliphatic imine (C=N–C) groups is 1. The molecule has 5 rings (SSSR count). The summed E-state index contributed by atoms with van der Waals surface area (Å²) in [6.45, 7) is 14.1. The molecule has 0 aliphatic carbocycles. The van der Waals surface area contributed by atoms with E-state index >= 15 is 0 Å². The second-order valence-electron chi connectivity index (χ2n) is 12.0. The quantitative estimate of drug-likeness (QED) is 0.0962. The van der Waals surface area contributed by atoms with E-state index in [0.29, 0.717) is 5.71 Å². The van der Waals surface area contributed by atoms with Crippen LogP contribution in [0, 0.1) is 34.6 Å². The van der Waals surface area contributed by atoms with Gasteiger partial charge in [-0.2, -0.15) is 0 Å². The number of carbonyl (C=O) groups is 1. The Balaban J connectivity index is 0.00000442. The summed E-state index contributed by atoms with van der Waals surface area (Å²) in [7, 11) is 0. The molecule has 0 aliphatic rings. The van der Waals surface area contributed by atoms with Crippen LogP contribution >= 0.6 is 0 Å². The van der Waals surface area contributed by atoms with Crippen molar-refractivity contribution in [1.29, 1.82) is 0 Å². The van der Waals surface area contributed by atoms with Gasteiger partial charge in [0.25, 0.3) is 0 Å². The third-order valence-electron chi connectivity index (χ3n) is 8.50. The van der Waals surface area contributed by atoms with Crippen molar-refractivity contribution in [2.24, 2.45) is 4.99 Å². The fourth-order valence-electron chi connectivity index (χ4n) is 5.86. The summed E-state index contributed by atoms with van der Waals surface area (Å²) in [6, 6.07) is 39.8. The summed E-state index contributed by atoms with van der Waals surface area (Å²) in [4.78, 5) is 17.5. The number of benzene rings is 5. The molecule has 0 radical (unpaired) electrons. The van der Waals surface area contributed by atoms with E-state index in [9.17, 15) is 4.79 Å². The topological polar surface area (TPSA) is 29.4 Å². The van der Waals surface area contributed by atoms with Crippen LogP contribution in [0.4, 0.5) is 5.69 Å². The Morgan fingerprint density at radius 3 is 1.11 bits per heavy atom. The zero-order valence-electron chi connectivity index (χ0n) is 26.7. The first-order chi connectivity index (χ1) is 20.6. The van der Waals surface area contributed by atoms with Gasteiger partial charge in [-0.3, -0.25) is 4.79 Å². The molecule has 0 bridgehead atoms. The van der Waals surface area contributed by atoms with Crippen LogP contribution in [0.25, 0.3) is 0 Å². The van der Waals surface area contributed by atoms with Crippen LogP contribution < -0.4 is 0 Å². The smallest absolute Gasteiger partial charge is 0.173 e. The van der Waals surface area contributed by atoms with Gasteiger partial charge < -0.3 is 0 Å². The summed E-state index contributed by atoms with van der Waals surface area (Å²) < 4.78 is 0. The van der Waals surface area contributed by atoms with Gasteiger partial charge >= 0.3 is 0 Å². The van der Waals surface area contributed by atoms with E-state index < -0.39 is 0 Å². The van der Waals surface area contributed by atoms with Crippen LogP contribution in [0.5, 0.6) is 0 Å². The van der Waals surface area contributed by atoms with Gasteiger partial charge in [0, 0.05) is 35.3 Å². The Morgan fingerprint density at radius 2 is 0.795 bits per heavy atom. The number of Topliss-reactive ketones (excluding diaryl/α,β-unsaturated/α-hetero) is 1. The maximum absolute atomic E-state index is 12.5. The van der Waals surface area contributed by atoms with E-state index in [1.807, 2.05) is 6.92 Å². The largest absolute Gasteiger partial charge is 0.293 e. The van der Waals surface area contributed by atoms with Crippen LogP contribution in [0.3, 0.4) is 0 Å². The normalized spacial score (nSPS) is 11.5. The van der Waals surface area contributed by atoms with Gasteiger partial charge in [-0.25, -0.2) is 4.99 Å². The molecule has 0 fully saturated rings. The van der Waals surface area contributed by atoms with Crippen molar-refractivity contribution >= 4 is 17.2 Å². The van der Waals surface area contributed by atoms with Crippen molar-refractivity contribution < 1.29 is 21.3 Å². The maximum atomic E-state index is 12.5. The Bertz CT molecular complexity index is 1670. The summed E-state index contributed by atoms with van der Waals surface area (Å²) in [5.74, 6) is -0.140. The first-order valence-electron chi connectivity index (χ1n) is 15.1. The van der Waals surface area contributed by atoms with E-state index in [-0.39, 0.29) is 34.1 Å². The van der Waals surface area contributed by atoms with Gasteiger partial charge in [0.05, 0.1) is 11.4 Å². The zero-order chi connectivity index (χ0) is 30.7. The minimum Gasteiger partial charge on any atom is -0.293 e. The minimum atomic E-state index is -0.0898. The van der Waals surface area contributed by atoms with Crippen molar-refractivity contribution in [3.05, 3.63) is 170 Å². The van der Waals surface area contributed by atoms with Gasteiger partial charge in [-0.05, 0) is 86.6 Å². The predicted molar refractivity (Wildman–Crippen MR) is 181 cm³/mol. The molecule has 3 heteroatoms. The van der Waals surface area contributed by atoms with Crippen molar-refractivity contribution in [3.63, 3.8) is 0 Å². The molecule has 0 amide bonds. The van der Waals surface area contributed by atoms with E-state index in [4.69, 9.17) is 4.99 Å². The second kappa shape index (κ2) is 14.1. The molecule has 0 unspecified atom stereocenters. The number of hydrogen-bond acceptors (Lipinski definition) is 2. The number of hydrogen-bond donors (Lipinski definition) is 0. The van der Waals surface area contributed by atoms with Crippen molar-refractivity contribution in [3.8, 4) is 0 Å². The molecule has 44 heavy (non-hydrogen) atoms. The fourth-order valence-corrected chi connectivity index (χ4v) is 5.86. The second-order valence-corrected chi connectivity index (χ2v) is 12.0. The van der Waals surface area contributed by atoms with Gasteiger partial charge in [0.2, 0.25) is 0 Å². The number of carbonyl (C=O) groups excluding carboxylic acids is 1. The van der Waals surface area contributed by atoms with E-state index in [1.165, 1.54) is 55.6 Å². The summed E-state index contributed by atoms with van der Waals surface area (Å²) in [5.41, 5.74) is 14.7. The van der Waals surface area contributed by atoms with Gasteiger partial charge in [0.15, 0.2) is 5.78 Å². The molecule has 0 saturated carbocycles. The molecule has 0 saturated heterocycles. The molecule has 0 spiro atoms. The van der Waals surface area contributed by atoms with Crippen LogP contribution in [0.15, 0.2) is 114 Å². The monoisotopic (exact) mass is 621 g/mol. The van der Waals surface area contributed by atoms with E-state index in [1.54, 1.807) is 6.92 Å².